The number of rotatable bonds is 4. The minimum Gasteiger partial charge on any atom is -0.455 e. The molecule has 0 atom stereocenters. The molecule has 0 aliphatic heterocycles. The fourth-order valence-electron chi connectivity index (χ4n) is 6.47. The molecule has 0 bridgehead atoms. The van der Waals surface area contributed by atoms with Gasteiger partial charge in [-0.3, -0.25) is 0 Å². The van der Waals surface area contributed by atoms with Crippen molar-refractivity contribution in [2.45, 2.75) is 0 Å². The maximum atomic E-state index is 9.64. The van der Waals surface area contributed by atoms with Crippen LogP contribution in [0.15, 0.2) is 186 Å². The lowest BCUT2D eigenvalue weighted by molar-refractivity contribution is 0.633. The zero-order valence-corrected chi connectivity index (χ0v) is 25.0. The predicted molar refractivity (Wildman–Crippen MR) is 208 cm³/mol. The molecule has 9 aromatic carbocycles. The third-order valence-electron chi connectivity index (χ3n) is 8.52. The van der Waals surface area contributed by atoms with Gasteiger partial charge >= 0.3 is 0 Å². The fraction of sp³-hybridized carbons (Fsp3) is 0. The molecule has 1 heteroatoms. The van der Waals surface area contributed by atoms with Crippen LogP contribution < -0.4 is 0 Å². The molecule has 0 aliphatic rings. The first-order chi connectivity index (χ1) is 33.5. The summed E-state index contributed by atoms with van der Waals surface area (Å²) in [4.78, 5) is 0. The maximum absolute atomic E-state index is 9.64. The highest BCUT2D eigenvalue weighted by atomic mass is 16.3. The Bertz CT molecular complexity index is 4020. The van der Waals surface area contributed by atoms with Crippen molar-refractivity contribution in [2.75, 3.05) is 0 Å². The zero-order valence-electron chi connectivity index (χ0n) is 47.0. The van der Waals surface area contributed by atoms with Crippen molar-refractivity contribution in [2.24, 2.45) is 0 Å². The molecule has 0 unspecified atom stereocenters. The molecule has 0 radical (unpaired) electrons. The van der Waals surface area contributed by atoms with Crippen LogP contribution in [0.4, 0.5) is 0 Å². The summed E-state index contributed by atoms with van der Waals surface area (Å²) in [7, 11) is 0. The van der Waals surface area contributed by atoms with E-state index >= 15 is 0 Å². The number of benzene rings is 9. The van der Waals surface area contributed by atoms with E-state index in [9.17, 15) is 9.60 Å². The van der Waals surface area contributed by atoms with Gasteiger partial charge in [0, 0.05) is 27.5 Å². The van der Waals surface area contributed by atoms with E-state index in [-0.39, 0.29) is 16.5 Å². The molecule has 0 saturated carbocycles. The first-order valence-electron chi connectivity index (χ1n) is 26.1. The Hall–Kier alpha value is -6.44. The van der Waals surface area contributed by atoms with Crippen LogP contribution in [0.1, 0.15) is 30.2 Å². The summed E-state index contributed by atoms with van der Waals surface area (Å²) < 4.78 is 206. The van der Waals surface area contributed by atoms with Crippen molar-refractivity contribution in [3.8, 4) is 44.7 Å². The largest absolute Gasteiger partial charge is 0.455 e. The summed E-state index contributed by atoms with van der Waals surface area (Å²) in [5.41, 5.74) is -1.18. The summed E-state index contributed by atoms with van der Waals surface area (Å²) in [6.07, 6.45) is 0. The topological polar surface area (TPSA) is 13.1 Å². The monoisotopic (exact) mass is 644 g/mol. The van der Waals surface area contributed by atoms with Crippen LogP contribution in [0.2, 0.25) is 0 Å². The third-order valence-corrected chi connectivity index (χ3v) is 8.52. The van der Waals surface area contributed by atoms with Gasteiger partial charge in [0.05, 0.1) is 30.2 Å². The van der Waals surface area contributed by atoms with E-state index < -0.39 is 204 Å². The Morgan fingerprint density at radius 1 is 0.388 bits per heavy atom. The van der Waals surface area contributed by atoms with Gasteiger partial charge in [0.2, 0.25) is 0 Å². The van der Waals surface area contributed by atoms with Crippen molar-refractivity contribution < 1.29 is 34.6 Å². The summed E-state index contributed by atoms with van der Waals surface area (Å²) >= 11 is 0. The van der Waals surface area contributed by atoms with Crippen LogP contribution in [0, 0.1) is 0 Å². The van der Waals surface area contributed by atoms with Gasteiger partial charge in [-0.15, -0.1) is 0 Å². The third kappa shape index (κ3) is 4.33. The molecule has 0 aliphatic carbocycles. The lowest BCUT2D eigenvalue weighted by Gasteiger charge is -2.18. The maximum Gasteiger partial charge on any atom is 0.143 e. The predicted octanol–water partition coefficient (Wildman–Crippen LogP) is 13.7. The lowest BCUT2D eigenvalue weighted by atomic mass is 9.84. The second-order valence-corrected chi connectivity index (χ2v) is 11.1. The van der Waals surface area contributed by atoms with E-state index in [4.69, 9.17) is 25.0 Å². The summed E-state index contributed by atoms with van der Waals surface area (Å²) in [5.74, 6) is -0.488. The van der Waals surface area contributed by atoms with Gasteiger partial charge in [-0.25, -0.2) is 0 Å². The van der Waals surface area contributed by atoms with E-state index in [2.05, 4.69) is 0 Å². The molecular formula is C48H30O. The van der Waals surface area contributed by atoms with Gasteiger partial charge in [0.1, 0.15) is 11.3 Å². The Morgan fingerprint density at radius 3 is 1.73 bits per heavy atom. The summed E-state index contributed by atoms with van der Waals surface area (Å²) in [6.45, 7) is 0. The molecule has 0 spiro atoms. The second-order valence-electron chi connectivity index (χ2n) is 11.1. The van der Waals surface area contributed by atoms with E-state index in [1.807, 2.05) is 0 Å². The smallest absolute Gasteiger partial charge is 0.143 e. The molecule has 10 aromatic rings. The average Bonchev–Trinajstić information content (AvgIpc) is 3.73. The lowest BCUT2D eigenvalue weighted by Crippen LogP contribution is -1.92. The van der Waals surface area contributed by atoms with E-state index in [0.29, 0.717) is 11.1 Å². The molecule has 0 saturated heterocycles. The standard InChI is InChI=1S/C48H30O/c1-3-14-31(15-4-1)35-28-29-41-43(30-35)49-48(42-25-13-19-34-27-26-32-16-7-8-20-36(32)44(34)42)47(41)46-39-23-11-9-21-37(39)45(33-17-5-2-6-18-33)38-22-10-12-24-40(38)46/h1-30H/i2D,5D,6D,7D,8D,9D,10D,11D,12D,13D,16D,17D,18D,19D,20D,21D,22D,23D,24D,25D,26D,27D. The Morgan fingerprint density at radius 2 is 1.00 bits per heavy atom. The van der Waals surface area contributed by atoms with Crippen LogP contribution in [-0.2, 0) is 0 Å². The molecule has 1 heterocycles. The summed E-state index contributed by atoms with van der Waals surface area (Å²) in [6, 6.07) is -4.29. The van der Waals surface area contributed by atoms with E-state index in [1.165, 1.54) is 6.07 Å². The quantitative estimate of drug-likeness (QED) is 0.137. The fourth-order valence-corrected chi connectivity index (χ4v) is 6.47. The van der Waals surface area contributed by atoms with Crippen LogP contribution in [0.3, 0.4) is 0 Å². The van der Waals surface area contributed by atoms with Crippen LogP contribution >= 0.6 is 0 Å². The normalized spacial score (nSPS) is 18.0. The first kappa shape index (κ1) is 13.6. The number of hydrogen-bond donors (Lipinski definition) is 0. The van der Waals surface area contributed by atoms with Gasteiger partial charge in [0.15, 0.2) is 0 Å². The molecule has 1 nitrogen and oxygen atoms in total. The minimum absolute atomic E-state index is 0.0301. The second kappa shape index (κ2) is 11.1. The van der Waals surface area contributed by atoms with Crippen LogP contribution in [-0.4, -0.2) is 0 Å². The highest BCUT2D eigenvalue weighted by Gasteiger charge is 2.25. The molecule has 0 N–H and O–H groups in total. The van der Waals surface area contributed by atoms with E-state index in [0.717, 1.165) is 0 Å². The minimum atomic E-state index is -0.869. The highest BCUT2D eigenvalue weighted by Crippen LogP contribution is 2.51. The number of furan rings is 1. The molecule has 0 fully saturated rings. The van der Waals surface area contributed by atoms with Crippen molar-refractivity contribution >= 4 is 54.1 Å². The van der Waals surface area contributed by atoms with Crippen molar-refractivity contribution in [3.63, 3.8) is 0 Å². The Kier molecular flexibility index (Phi) is 3.07. The van der Waals surface area contributed by atoms with Crippen LogP contribution in [0.5, 0.6) is 0 Å². The van der Waals surface area contributed by atoms with Crippen molar-refractivity contribution in [1.82, 2.24) is 0 Å². The van der Waals surface area contributed by atoms with Gasteiger partial charge in [-0.2, -0.15) is 0 Å². The molecule has 49 heavy (non-hydrogen) atoms. The molecule has 10 rings (SSSR count). The van der Waals surface area contributed by atoms with Gasteiger partial charge in [-0.1, -0.05) is 169 Å². The van der Waals surface area contributed by atoms with E-state index in [1.54, 1.807) is 42.5 Å². The van der Waals surface area contributed by atoms with Crippen molar-refractivity contribution in [1.29, 1.82) is 0 Å². The molecule has 228 valence electrons. The SMILES string of the molecule is [2H]c1c([2H])c([2H])c(-c2c3c([2H])c([2H])c([2H])c([2H])c3c(-c3c(-c4c([2H])c([2H])c([2H])c5c([2H])c([2H])c6c([2H])c([2H])c([2H])c([2H])c6c45)oc4cc(-c5ccccc5)ccc34)c3c([2H])c([2H])c([2H])c([2H])c23)c([2H])c1[2H]. The number of fused-ring (bicyclic) bond motifs is 6. The van der Waals surface area contributed by atoms with Gasteiger partial charge in [0.25, 0.3) is 0 Å². The Labute approximate surface area is 315 Å². The highest BCUT2D eigenvalue weighted by molar-refractivity contribution is 6.26. The molecular weight excluding hydrogens is 593 g/mol. The first-order valence-corrected chi connectivity index (χ1v) is 15.1. The summed E-state index contributed by atoms with van der Waals surface area (Å²) in [5, 5.41) is -3.86. The average molecular weight is 645 g/mol. The Balaban J connectivity index is 1.58. The van der Waals surface area contributed by atoms with Gasteiger partial charge < -0.3 is 4.42 Å². The van der Waals surface area contributed by atoms with Gasteiger partial charge in [-0.05, 0) is 72.1 Å². The number of hydrogen-bond acceptors (Lipinski definition) is 1. The molecule has 1 aromatic heterocycles. The van der Waals surface area contributed by atoms with Crippen LogP contribution in [0.25, 0.3) is 98.8 Å². The zero-order chi connectivity index (χ0) is 51.5. The van der Waals surface area contributed by atoms with Crippen molar-refractivity contribution in [3.05, 3.63) is 181 Å². The molecule has 0 amide bonds.